The molecule has 0 atom stereocenters. The second kappa shape index (κ2) is 4.52. The minimum atomic E-state index is 0.148. The maximum Gasteiger partial charge on any atom is 0.165 e. The Labute approximate surface area is 77.4 Å². The highest BCUT2D eigenvalue weighted by molar-refractivity contribution is 5.61. The summed E-state index contributed by atoms with van der Waals surface area (Å²) in [5.41, 5.74) is 6.01. The fourth-order valence-electron chi connectivity index (χ4n) is 1.03. The first kappa shape index (κ1) is 9.61. The number of rotatable bonds is 3. The summed E-state index contributed by atoms with van der Waals surface area (Å²) in [5.74, 6) is 0.619. The predicted octanol–water partition coefficient (Wildman–Crippen LogP) is 1.37. The summed E-state index contributed by atoms with van der Waals surface area (Å²) < 4.78 is 4.95. The van der Waals surface area contributed by atoms with E-state index in [1.165, 1.54) is 7.11 Å². The zero-order valence-corrected chi connectivity index (χ0v) is 7.53. The van der Waals surface area contributed by atoms with E-state index in [2.05, 4.69) is 0 Å². The highest BCUT2D eigenvalue weighted by Crippen LogP contribution is 2.29. The summed E-state index contributed by atoms with van der Waals surface area (Å²) in [6.07, 6.45) is 3.53. The molecule has 0 aromatic heterocycles. The molecule has 0 aliphatic carbocycles. The summed E-state index contributed by atoms with van der Waals surface area (Å²) in [6, 6.07) is 5.31. The van der Waals surface area contributed by atoms with Crippen LogP contribution >= 0.6 is 0 Å². The summed E-state index contributed by atoms with van der Waals surface area (Å²) in [6.45, 7) is 0.455. The van der Waals surface area contributed by atoms with Crippen LogP contribution in [0.2, 0.25) is 0 Å². The molecule has 0 aliphatic rings. The van der Waals surface area contributed by atoms with Crippen molar-refractivity contribution in [2.24, 2.45) is 5.73 Å². The van der Waals surface area contributed by atoms with Crippen LogP contribution < -0.4 is 10.5 Å². The van der Waals surface area contributed by atoms with E-state index in [1.807, 2.05) is 6.07 Å². The van der Waals surface area contributed by atoms with Crippen molar-refractivity contribution in [3.8, 4) is 11.5 Å². The first-order valence-electron chi connectivity index (χ1n) is 4.02. The Balaban J connectivity index is 3.01. The zero-order chi connectivity index (χ0) is 9.68. The number of hydrogen-bond donors (Lipinski definition) is 2. The van der Waals surface area contributed by atoms with Crippen molar-refractivity contribution in [1.82, 2.24) is 0 Å². The smallest absolute Gasteiger partial charge is 0.165 e. The van der Waals surface area contributed by atoms with E-state index in [4.69, 9.17) is 10.5 Å². The van der Waals surface area contributed by atoms with E-state index in [-0.39, 0.29) is 5.75 Å². The lowest BCUT2D eigenvalue weighted by atomic mass is 10.1. The molecule has 0 bridgehead atoms. The van der Waals surface area contributed by atoms with Gasteiger partial charge in [-0.1, -0.05) is 24.3 Å². The fraction of sp³-hybridized carbons (Fsp3) is 0.200. The van der Waals surface area contributed by atoms with Crippen LogP contribution in [0.1, 0.15) is 5.56 Å². The molecule has 0 saturated carbocycles. The lowest BCUT2D eigenvalue weighted by Gasteiger charge is -2.04. The third kappa shape index (κ3) is 2.23. The molecule has 3 nitrogen and oxygen atoms in total. The van der Waals surface area contributed by atoms with Gasteiger partial charge < -0.3 is 15.6 Å². The minimum absolute atomic E-state index is 0.148. The molecule has 1 rings (SSSR count). The van der Waals surface area contributed by atoms with Gasteiger partial charge in [-0.05, 0) is 6.07 Å². The SMILES string of the molecule is COc1cccc(/C=C/CN)c1O. The molecule has 70 valence electrons. The van der Waals surface area contributed by atoms with Crippen LogP contribution in [0.3, 0.4) is 0 Å². The molecular formula is C10H13NO2. The standard InChI is InChI=1S/C10H13NO2/c1-13-9-6-2-4-8(10(9)12)5-3-7-11/h2-6,12H,7,11H2,1H3/b5-3+. The topological polar surface area (TPSA) is 55.5 Å². The van der Waals surface area contributed by atoms with Gasteiger partial charge in [0.25, 0.3) is 0 Å². The Morgan fingerprint density at radius 3 is 2.92 bits per heavy atom. The second-order valence-corrected chi connectivity index (χ2v) is 2.54. The number of methoxy groups -OCH3 is 1. The molecule has 1 aromatic carbocycles. The molecular weight excluding hydrogens is 166 g/mol. The quantitative estimate of drug-likeness (QED) is 0.736. The van der Waals surface area contributed by atoms with Crippen LogP contribution in [0.5, 0.6) is 11.5 Å². The van der Waals surface area contributed by atoms with Gasteiger partial charge in [0.05, 0.1) is 7.11 Å². The predicted molar refractivity (Wildman–Crippen MR) is 52.7 cm³/mol. The molecule has 1 aromatic rings. The fourth-order valence-corrected chi connectivity index (χ4v) is 1.03. The van der Waals surface area contributed by atoms with Gasteiger partial charge in [0.1, 0.15) is 0 Å². The first-order chi connectivity index (χ1) is 6.29. The number of nitrogens with two attached hydrogens (primary N) is 1. The second-order valence-electron chi connectivity index (χ2n) is 2.54. The number of ether oxygens (including phenoxy) is 1. The van der Waals surface area contributed by atoms with Crippen LogP contribution in [0.15, 0.2) is 24.3 Å². The number of benzene rings is 1. The Hall–Kier alpha value is -1.48. The van der Waals surface area contributed by atoms with Gasteiger partial charge in [-0.15, -0.1) is 0 Å². The summed E-state index contributed by atoms with van der Waals surface area (Å²) in [7, 11) is 1.52. The largest absolute Gasteiger partial charge is 0.504 e. The van der Waals surface area contributed by atoms with Crippen LogP contribution in [-0.2, 0) is 0 Å². The highest BCUT2D eigenvalue weighted by atomic mass is 16.5. The molecule has 0 aliphatic heterocycles. The van der Waals surface area contributed by atoms with Crippen molar-refractivity contribution >= 4 is 6.08 Å². The molecule has 3 heteroatoms. The molecule has 0 heterocycles. The van der Waals surface area contributed by atoms with Crippen LogP contribution in [0, 0.1) is 0 Å². The Kier molecular flexibility index (Phi) is 3.34. The van der Waals surface area contributed by atoms with Gasteiger partial charge in [-0.3, -0.25) is 0 Å². The van der Waals surface area contributed by atoms with E-state index < -0.39 is 0 Å². The molecule has 3 N–H and O–H groups in total. The summed E-state index contributed by atoms with van der Waals surface area (Å²) >= 11 is 0. The average molecular weight is 179 g/mol. The average Bonchev–Trinajstić information content (AvgIpc) is 2.16. The van der Waals surface area contributed by atoms with Crippen molar-refractivity contribution in [1.29, 1.82) is 0 Å². The van der Waals surface area contributed by atoms with Gasteiger partial charge >= 0.3 is 0 Å². The molecule has 0 saturated heterocycles. The maximum absolute atomic E-state index is 9.60. The molecule has 0 spiro atoms. The van der Waals surface area contributed by atoms with Gasteiger partial charge in [0.15, 0.2) is 11.5 Å². The molecule has 0 amide bonds. The number of hydrogen-bond acceptors (Lipinski definition) is 3. The van der Waals surface area contributed by atoms with Crippen molar-refractivity contribution in [2.75, 3.05) is 13.7 Å². The normalized spacial score (nSPS) is 10.6. The summed E-state index contributed by atoms with van der Waals surface area (Å²) in [4.78, 5) is 0. The number of para-hydroxylation sites is 1. The van der Waals surface area contributed by atoms with Crippen molar-refractivity contribution in [3.05, 3.63) is 29.8 Å². The molecule has 0 unspecified atom stereocenters. The monoisotopic (exact) mass is 179 g/mol. The maximum atomic E-state index is 9.60. The van der Waals surface area contributed by atoms with E-state index >= 15 is 0 Å². The lowest BCUT2D eigenvalue weighted by molar-refractivity contribution is 0.373. The van der Waals surface area contributed by atoms with Crippen LogP contribution in [0.4, 0.5) is 0 Å². The van der Waals surface area contributed by atoms with E-state index in [9.17, 15) is 5.11 Å². The third-order valence-electron chi connectivity index (χ3n) is 1.68. The van der Waals surface area contributed by atoms with Gasteiger partial charge in [0, 0.05) is 12.1 Å². The lowest BCUT2D eigenvalue weighted by Crippen LogP contribution is -1.92. The molecule has 13 heavy (non-hydrogen) atoms. The van der Waals surface area contributed by atoms with Crippen molar-refractivity contribution in [3.63, 3.8) is 0 Å². The van der Waals surface area contributed by atoms with E-state index in [0.29, 0.717) is 17.9 Å². The van der Waals surface area contributed by atoms with E-state index in [0.717, 1.165) is 0 Å². The van der Waals surface area contributed by atoms with Crippen molar-refractivity contribution < 1.29 is 9.84 Å². The number of phenols is 1. The molecule has 0 fully saturated rings. The Bertz CT molecular complexity index is 308. The van der Waals surface area contributed by atoms with Gasteiger partial charge in [0.2, 0.25) is 0 Å². The Morgan fingerprint density at radius 1 is 1.54 bits per heavy atom. The number of phenolic OH excluding ortho intramolecular Hbond substituents is 1. The minimum Gasteiger partial charge on any atom is -0.504 e. The Morgan fingerprint density at radius 2 is 2.31 bits per heavy atom. The molecule has 0 radical (unpaired) electrons. The van der Waals surface area contributed by atoms with Gasteiger partial charge in [-0.2, -0.15) is 0 Å². The third-order valence-corrected chi connectivity index (χ3v) is 1.68. The van der Waals surface area contributed by atoms with Gasteiger partial charge in [-0.25, -0.2) is 0 Å². The number of aromatic hydroxyl groups is 1. The van der Waals surface area contributed by atoms with E-state index in [1.54, 1.807) is 24.3 Å². The highest BCUT2D eigenvalue weighted by Gasteiger charge is 2.03. The zero-order valence-electron chi connectivity index (χ0n) is 7.53. The summed E-state index contributed by atoms with van der Waals surface area (Å²) in [5, 5.41) is 9.60. The first-order valence-corrected chi connectivity index (χ1v) is 4.02. The van der Waals surface area contributed by atoms with Crippen molar-refractivity contribution in [2.45, 2.75) is 0 Å². The van der Waals surface area contributed by atoms with Crippen LogP contribution in [-0.4, -0.2) is 18.8 Å². The van der Waals surface area contributed by atoms with Crippen LogP contribution in [0.25, 0.3) is 6.08 Å².